The first-order valence-electron chi connectivity index (χ1n) is 11.5. The largest absolute Gasteiger partial charge is 0.373 e. The van der Waals surface area contributed by atoms with Crippen LogP contribution in [0.4, 0.5) is 5.69 Å². The van der Waals surface area contributed by atoms with Crippen LogP contribution in [0.25, 0.3) is 0 Å². The monoisotopic (exact) mass is 377 g/mol. The van der Waals surface area contributed by atoms with E-state index in [4.69, 9.17) is 4.74 Å². The fourth-order valence-electron chi connectivity index (χ4n) is 3.42. The van der Waals surface area contributed by atoms with Crippen LogP contribution in [0.15, 0.2) is 24.5 Å². The third-order valence-electron chi connectivity index (χ3n) is 5.24. The van der Waals surface area contributed by atoms with Crippen molar-refractivity contribution in [2.24, 2.45) is 0 Å². The van der Waals surface area contributed by atoms with E-state index in [1.54, 1.807) is 0 Å². The molecule has 0 radical (unpaired) electrons. The average molecular weight is 378 g/mol. The molecule has 27 heavy (non-hydrogen) atoms. The van der Waals surface area contributed by atoms with Crippen molar-refractivity contribution in [1.82, 2.24) is 0 Å². The van der Waals surface area contributed by atoms with Gasteiger partial charge in [-0.2, -0.15) is 4.57 Å². The van der Waals surface area contributed by atoms with Gasteiger partial charge in [-0.15, -0.1) is 0 Å². The van der Waals surface area contributed by atoms with Crippen molar-refractivity contribution in [1.29, 1.82) is 0 Å². The van der Waals surface area contributed by atoms with E-state index < -0.39 is 0 Å². The molecule has 0 aromatic carbocycles. The Kier molecular flexibility index (Phi) is 15.1. The first-order chi connectivity index (χ1) is 13.2. The standard InChI is InChI=1S/C24H45N2O/c1-4-5-6-7-8-9-10-11-12-13-14-15-16-17-21-27-23-26-20-18-19-24(22-26)25(2)3/h18-20,22H,4-17,21,23H2,1-3H3/q+1. The van der Waals surface area contributed by atoms with Crippen LogP contribution >= 0.6 is 0 Å². The summed E-state index contributed by atoms with van der Waals surface area (Å²) in [4.78, 5) is 2.12. The van der Waals surface area contributed by atoms with E-state index in [9.17, 15) is 0 Å². The van der Waals surface area contributed by atoms with E-state index >= 15 is 0 Å². The molecule has 0 saturated carbocycles. The third-order valence-corrected chi connectivity index (χ3v) is 5.24. The minimum atomic E-state index is 0.653. The molecule has 1 aromatic rings. The molecule has 156 valence electrons. The number of nitrogens with zero attached hydrogens (tertiary/aromatic N) is 2. The maximum Gasteiger partial charge on any atom is 0.252 e. The van der Waals surface area contributed by atoms with Crippen molar-refractivity contribution in [2.75, 3.05) is 25.6 Å². The Morgan fingerprint density at radius 3 is 1.81 bits per heavy atom. The predicted octanol–water partition coefficient (Wildman–Crippen LogP) is 6.50. The van der Waals surface area contributed by atoms with Crippen LogP contribution < -0.4 is 9.47 Å². The molecular weight excluding hydrogens is 332 g/mol. The van der Waals surface area contributed by atoms with E-state index in [0.29, 0.717) is 6.73 Å². The first kappa shape index (κ1) is 23.9. The molecule has 0 unspecified atom stereocenters. The molecule has 1 rings (SSSR count). The van der Waals surface area contributed by atoms with Gasteiger partial charge in [-0.05, 0) is 12.5 Å². The number of pyridine rings is 1. The summed E-state index contributed by atoms with van der Waals surface area (Å²) in [7, 11) is 4.13. The van der Waals surface area contributed by atoms with Crippen LogP contribution in [0, 0.1) is 0 Å². The summed E-state index contributed by atoms with van der Waals surface area (Å²) in [5.41, 5.74) is 1.21. The quantitative estimate of drug-likeness (QED) is 0.214. The number of ether oxygens (including phenoxy) is 1. The van der Waals surface area contributed by atoms with Crippen molar-refractivity contribution in [2.45, 2.75) is 104 Å². The Morgan fingerprint density at radius 1 is 0.778 bits per heavy atom. The van der Waals surface area contributed by atoms with Gasteiger partial charge >= 0.3 is 0 Å². The average Bonchev–Trinajstić information content (AvgIpc) is 2.68. The van der Waals surface area contributed by atoms with Crippen molar-refractivity contribution < 1.29 is 9.30 Å². The second-order valence-corrected chi connectivity index (χ2v) is 8.10. The van der Waals surface area contributed by atoms with E-state index in [0.717, 1.165) is 6.61 Å². The fourth-order valence-corrected chi connectivity index (χ4v) is 3.42. The van der Waals surface area contributed by atoms with Crippen LogP contribution in [0.2, 0.25) is 0 Å². The summed E-state index contributed by atoms with van der Waals surface area (Å²) in [5.74, 6) is 0. The van der Waals surface area contributed by atoms with Gasteiger partial charge in [0.1, 0.15) is 5.69 Å². The summed E-state index contributed by atoms with van der Waals surface area (Å²) < 4.78 is 7.92. The van der Waals surface area contributed by atoms with Crippen LogP contribution in [0.3, 0.4) is 0 Å². The maximum absolute atomic E-state index is 5.81. The number of hydrogen-bond donors (Lipinski definition) is 0. The first-order valence-corrected chi connectivity index (χ1v) is 11.5. The Hall–Kier alpha value is -1.09. The molecule has 3 heteroatoms. The van der Waals surface area contributed by atoms with Crippen LogP contribution in [-0.4, -0.2) is 20.7 Å². The zero-order valence-electron chi connectivity index (χ0n) is 18.4. The number of anilines is 1. The molecule has 0 aliphatic rings. The van der Waals surface area contributed by atoms with Crippen LogP contribution in [0.1, 0.15) is 96.8 Å². The molecule has 0 aliphatic heterocycles. The molecule has 0 fully saturated rings. The summed E-state index contributed by atoms with van der Waals surface area (Å²) in [6, 6.07) is 4.19. The lowest BCUT2D eigenvalue weighted by molar-refractivity contribution is -0.732. The predicted molar refractivity (Wildman–Crippen MR) is 117 cm³/mol. The summed E-state index contributed by atoms with van der Waals surface area (Å²) >= 11 is 0. The molecule has 0 bridgehead atoms. The molecule has 1 aromatic heterocycles. The van der Waals surface area contributed by atoms with Gasteiger partial charge in [0.05, 0.1) is 6.61 Å². The van der Waals surface area contributed by atoms with E-state index in [1.165, 1.54) is 95.6 Å². The van der Waals surface area contributed by atoms with Crippen molar-refractivity contribution in [3.63, 3.8) is 0 Å². The van der Waals surface area contributed by atoms with E-state index in [1.807, 2.05) is 0 Å². The van der Waals surface area contributed by atoms with Gasteiger partial charge in [-0.25, -0.2) is 0 Å². The highest BCUT2D eigenvalue weighted by molar-refractivity contribution is 5.39. The molecule has 0 N–H and O–H groups in total. The highest BCUT2D eigenvalue weighted by Crippen LogP contribution is 2.13. The number of rotatable bonds is 18. The van der Waals surface area contributed by atoms with Crippen molar-refractivity contribution >= 4 is 5.69 Å². The number of aromatic nitrogens is 1. The third kappa shape index (κ3) is 13.7. The van der Waals surface area contributed by atoms with Gasteiger partial charge in [0.25, 0.3) is 6.73 Å². The molecule has 0 spiro atoms. The zero-order chi connectivity index (χ0) is 19.6. The second kappa shape index (κ2) is 17.0. The number of hydrogen-bond acceptors (Lipinski definition) is 2. The summed E-state index contributed by atoms with van der Waals surface area (Å²) in [5, 5.41) is 0. The Balaban J connectivity index is 1.82. The molecule has 1 heterocycles. The highest BCUT2D eigenvalue weighted by atomic mass is 16.5. The molecule has 0 aliphatic carbocycles. The van der Waals surface area contributed by atoms with Gasteiger partial charge in [0.15, 0.2) is 12.4 Å². The van der Waals surface area contributed by atoms with E-state index in [2.05, 4.69) is 55.0 Å². The normalized spacial score (nSPS) is 11.1. The van der Waals surface area contributed by atoms with Crippen molar-refractivity contribution in [3.05, 3.63) is 24.5 Å². The van der Waals surface area contributed by atoms with Gasteiger partial charge in [0.2, 0.25) is 0 Å². The van der Waals surface area contributed by atoms with Gasteiger partial charge in [-0.3, -0.25) is 0 Å². The number of unbranched alkanes of at least 4 members (excludes halogenated alkanes) is 13. The molecule has 3 nitrogen and oxygen atoms in total. The molecule has 0 atom stereocenters. The second-order valence-electron chi connectivity index (χ2n) is 8.10. The Morgan fingerprint density at radius 2 is 1.30 bits per heavy atom. The SMILES string of the molecule is CCCCCCCCCCCCCCCCOC[n+]1cccc(N(C)C)c1. The fraction of sp³-hybridized carbons (Fsp3) is 0.792. The van der Waals surface area contributed by atoms with Gasteiger partial charge < -0.3 is 9.64 Å². The topological polar surface area (TPSA) is 16.4 Å². The van der Waals surface area contributed by atoms with Gasteiger partial charge in [-0.1, -0.05) is 90.4 Å². The summed E-state index contributed by atoms with van der Waals surface area (Å²) in [6.45, 7) is 3.81. The lowest BCUT2D eigenvalue weighted by atomic mass is 10.0. The van der Waals surface area contributed by atoms with Crippen LogP contribution in [0.5, 0.6) is 0 Å². The smallest absolute Gasteiger partial charge is 0.252 e. The molecule has 0 saturated heterocycles. The summed E-state index contributed by atoms with van der Waals surface area (Å²) in [6.07, 6.45) is 23.8. The molecular formula is C24H45N2O+. The van der Waals surface area contributed by atoms with Crippen molar-refractivity contribution in [3.8, 4) is 0 Å². The maximum atomic E-state index is 5.81. The van der Waals surface area contributed by atoms with Gasteiger partial charge in [0, 0.05) is 20.2 Å². The van der Waals surface area contributed by atoms with Crippen LogP contribution in [-0.2, 0) is 11.5 Å². The Labute approximate surface area is 169 Å². The minimum Gasteiger partial charge on any atom is -0.373 e. The lowest BCUT2D eigenvalue weighted by Crippen LogP contribution is -2.35. The highest BCUT2D eigenvalue weighted by Gasteiger charge is 2.03. The minimum absolute atomic E-state index is 0.653. The molecule has 0 amide bonds. The zero-order valence-corrected chi connectivity index (χ0v) is 18.4. The lowest BCUT2D eigenvalue weighted by Gasteiger charge is -2.10. The van der Waals surface area contributed by atoms with E-state index in [-0.39, 0.29) is 0 Å². The Bertz CT molecular complexity index is 448.